The molecule has 1 fully saturated rings. The molecule has 4 nitrogen and oxygen atoms in total. The molecule has 0 spiro atoms. The van der Waals surface area contributed by atoms with Gasteiger partial charge in [0.25, 0.3) is 5.91 Å². The van der Waals surface area contributed by atoms with Crippen molar-refractivity contribution in [2.75, 3.05) is 19.7 Å². The summed E-state index contributed by atoms with van der Waals surface area (Å²) in [6.45, 7) is 8.11. The van der Waals surface area contributed by atoms with Crippen LogP contribution in [0.1, 0.15) is 43.7 Å². The van der Waals surface area contributed by atoms with Crippen molar-refractivity contribution in [1.29, 1.82) is 0 Å². The number of amides is 1. The minimum atomic E-state index is -0.0556. The molecule has 22 heavy (non-hydrogen) atoms. The van der Waals surface area contributed by atoms with Crippen LogP contribution in [0.5, 0.6) is 5.75 Å². The van der Waals surface area contributed by atoms with Crippen molar-refractivity contribution < 1.29 is 9.53 Å². The Balaban J connectivity index is 0.00000242. The molecule has 0 radical (unpaired) electrons. The van der Waals surface area contributed by atoms with Crippen LogP contribution in [0.3, 0.4) is 0 Å². The predicted molar refractivity (Wildman–Crippen MR) is 92.0 cm³/mol. The number of aryl methyl sites for hydroxylation is 1. The third kappa shape index (κ3) is 5.50. The molecule has 2 rings (SSSR count). The Bertz CT molecular complexity index is 486. The summed E-state index contributed by atoms with van der Waals surface area (Å²) in [5.74, 6) is 1.14. The first-order chi connectivity index (χ1) is 10.1. The van der Waals surface area contributed by atoms with Gasteiger partial charge in [-0.2, -0.15) is 0 Å². The molecule has 1 saturated heterocycles. The van der Waals surface area contributed by atoms with Gasteiger partial charge in [-0.25, -0.2) is 0 Å². The zero-order valence-corrected chi connectivity index (χ0v) is 14.5. The Labute approximate surface area is 139 Å². The van der Waals surface area contributed by atoms with Gasteiger partial charge in [-0.3, -0.25) is 4.79 Å². The highest BCUT2D eigenvalue weighted by Gasteiger charge is 2.15. The highest BCUT2D eigenvalue weighted by Crippen LogP contribution is 2.27. The van der Waals surface area contributed by atoms with Gasteiger partial charge in [-0.15, -0.1) is 12.4 Å². The van der Waals surface area contributed by atoms with E-state index in [1.54, 1.807) is 0 Å². The SMILES string of the molecule is Cc1ccc(C(C)C)c(OCC(=O)NCC2CCCN2)c1.Cl. The monoisotopic (exact) mass is 326 g/mol. The van der Waals surface area contributed by atoms with Crippen molar-refractivity contribution in [2.45, 2.75) is 45.6 Å². The van der Waals surface area contributed by atoms with Gasteiger partial charge in [0.2, 0.25) is 0 Å². The molecule has 2 N–H and O–H groups in total. The second kappa shape index (κ2) is 9.01. The fourth-order valence-electron chi connectivity index (χ4n) is 2.61. The summed E-state index contributed by atoms with van der Waals surface area (Å²) in [6.07, 6.45) is 2.33. The second-order valence-corrected chi connectivity index (χ2v) is 6.08. The lowest BCUT2D eigenvalue weighted by Gasteiger charge is -2.15. The van der Waals surface area contributed by atoms with Crippen LogP contribution in [-0.4, -0.2) is 31.6 Å². The van der Waals surface area contributed by atoms with Crippen LogP contribution in [0.15, 0.2) is 18.2 Å². The van der Waals surface area contributed by atoms with Gasteiger partial charge in [-0.05, 0) is 49.4 Å². The lowest BCUT2D eigenvalue weighted by Crippen LogP contribution is -2.39. The molecule has 124 valence electrons. The van der Waals surface area contributed by atoms with Gasteiger partial charge < -0.3 is 15.4 Å². The van der Waals surface area contributed by atoms with Crippen LogP contribution in [0.25, 0.3) is 0 Å². The summed E-state index contributed by atoms with van der Waals surface area (Å²) in [6, 6.07) is 6.57. The molecular formula is C17H27ClN2O2. The van der Waals surface area contributed by atoms with E-state index in [2.05, 4.69) is 36.6 Å². The minimum absolute atomic E-state index is 0. The molecule has 1 amide bonds. The molecule has 1 aromatic rings. The Morgan fingerprint density at radius 3 is 2.86 bits per heavy atom. The van der Waals surface area contributed by atoms with E-state index in [0.29, 0.717) is 18.5 Å². The Kier molecular flexibility index (Phi) is 7.69. The maximum atomic E-state index is 11.9. The van der Waals surface area contributed by atoms with Crippen molar-refractivity contribution in [3.8, 4) is 5.75 Å². The van der Waals surface area contributed by atoms with E-state index in [4.69, 9.17) is 4.74 Å². The Morgan fingerprint density at radius 2 is 2.23 bits per heavy atom. The fraction of sp³-hybridized carbons (Fsp3) is 0.588. The molecule has 0 saturated carbocycles. The summed E-state index contributed by atoms with van der Waals surface area (Å²) < 4.78 is 5.72. The highest BCUT2D eigenvalue weighted by atomic mass is 35.5. The first-order valence-corrected chi connectivity index (χ1v) is 7.79. The number of hydrogen-bond donors (Lipinski definition) is 2. The molecule has 5 heteroatoms. The first kappa shape index (κ1) is 18.8. The normalized spacial score (nSPS) is 17.2. The number of carbonyl (C=O) groups is 1. The molecular weight excluding hydrogens is 300 g/mol. The molecule has 0 aliphatic carbocycles. The number of carbonyl (C=O) groups excluding carboxylic acids is 1. The van der Waals surface area contributed by atoms with Crippen molar-refractivity contribution in [2.24, 2.45) is 0 Å². The average molecular weight is 327 g/mol. The number of rotatable bonds is 6. The summed E-state index contributed by atoms with van der Waals surface area (Å²) in [7, 11) is 0. The van der Waals surface area contributed by atoms with E-state index in [1.807, 2.05) is 13.0 Å². The molecule has 0 bridgehead atoms. The van der Waals surface area contributed by atoms with Crippen molar-refractivity contribution in [3.05, 3.63) is 29.3 Å². The third-order valence-electron chi connectivity index (χ3n) is 3.86. The second-order valence-electron chi connectivity index (χ2n) is 6.08. The number of halogens is 1. The van der Waals surface area contributed by atoms with Crippen molar-refractivity contribution >= 4 is 18.3 Å². The van der Waals surface area contributed by atoms with Gasteiger partial charge in [0.05, 0.1) is 0 Å². The molecule has 1 atom stereocenters. The van der Waals surface area contributed by atoms with E-state index in [1.165, 1.54) is 6.42 Å². The number of ether oxygens (including phenoxy) is 1. The van der Waals surface area contributed by atoms with Gasteiger partial charge in [-0.1, -0.05) is 26.0 Å². The summed E-state index contributed by atoms with van der Waals surface area (Å²) in [4.78, 5) is 11.9. The van der Waals surface area contributed by atoms with Crippen molar-refractivity contribution in [3.63, 3.8) is 0 Å². The standard InChI is InChI=1S/C17H26N2O2.ClH/c1-12(2)15-7-6-13(3)9-16(15)21-11-17(20)19-10-14-5-4-8-18-14;/h6-7,9,12,14,18H,4-5,8,10-11H2,1-3H3,(H,19,20);1H. The first-order valence-electron chi connectivity index (χ1n) is 7.79. The number of nitrogens with one attached hydrogen (secondary N) is 2. The molecule has 1 heterocycles. The number of hydrogen-bond acceptors (Lipinski definition) is 3. The number of benzene rings is 1. The summed E-state index contributed by atoms with van der Waals surface area (Å²) >= 11 is 0. The predicted octanol–water partition coefficient (Wildman–Crippen LogP) is 2.79. The van der Waals surface area contributed by atoms with Crippen LogP contribution < -0.4 is 15.4 Å². The van der Waals surface area contributed by atoms with Crippen molar-refractivity contribution in [1.82, 2.24) is 10.6 Å². The van der Waals surface area contributed by atoms with Gasteiger partial charge in [0.1, 0.15) is 5.75 Å². The molecule has 1 unspecified atom stereocenters. The van der Waals surface area contributed by atoms with Crippen LogP contribution in [0.4, 0.5) is 0 Å². The van der Waals surface area contributed by atoms with Gasteiger partial charge >= 0.3 is 0 Å². The molecule has 1 aliphatic heterocycles. The third-order valence-corrected chi connectivity index (χ3v) is 3.86. The van der Waals surface area contributed by atoms with E-state index >= 15 is 0 Å². The maximum Gasteiger partial charge on any atom is 0.257 e. The topological polar surface area (TPSA) is 50.4 Å². The zero-order valence-electron chi connectivity index (χ0n) is 13.6. The molecule has 1 aliphatic rings. The van der Waals surface area contributed by atoms with Crippen LogP contribution >= 0.6 is 12.4 Å². The van der Waals surface area contributed by atoms with Gasteiger partial charge in [0, 0.05) is 12.6 Å². The van der Waals surface area contributed by atoms with E-state index in [9.17, 15) is 4.79 Å². The van der Waals surface area contributed by atoms with E-state index in [0.717, 1.165) is 29.8 Å². The van der Waals surface area contributed by atoms with E-state index in [-0.39, 0.29) is 24.9 Å². The quantitative estimate of drug-likeness (QED) is 0.845. The smallest absolute Gasteiger partial charge is 0.257 e. The van der Waals surface area contributed by atoms with Crippen LogP contribution in [0.2, 0.25) is 0 Å². The largest absolute Gasteiger partial charge is 0.483 e. The molecule has 1 aromatic carbocycles. The lowest BCUT2D eigenvalue weighted by atomic mass is 10.0. The zero-order chi connectivity index (χ0) is 15.2. The Morgan fingerprint density at radius 1 is 1.45 bits per heavy atom. The lowest BCUT2D eigenvalue weighted by molar-refractivity contribution is -0.123. The maximum absolute atomic E-state index is 11.9. The van der Waals surface area contributed by atoms with Crippen LogP contribution in [-0.2, 0) is 4.79 Å². The fourth-order valence-corrected chi connectivity index (χ4v) is 2.61. The average Bonchev–Trinajstić information content (AvgIpc) is 2.96. The van der Waals surface area contributed by atoms with E-state index < -0.39 is 0 Å². The highest BCUT2D eigenvalue weighted by molar-refractivity contribution is 5.85. The van der Waals surface area contributed by atoms with Gasteiger partial charge in [0.15, 0.2) is 6.61 Å². The molecule has 0 aromatic heterocycles. The summed E-state index contributed by atoms with van der Waals surface area (Å²) in [5.41, 5.74) is 2.29. The van der Waals surface area contributed by atoms with Crippen LogP contribution in [0, 0.1) is 6.92 Å². The Hall–Kier alpha value is -1.26. The minimum Gasteiger partial charge on any atom is -0.483 e. The summed E-state index contributed by atoms with van der Waals surface area (Å²) in [5, 5.41) is 6.29.